The number of rotatable bonds is 3. The van der Waals surface area contributed by atoms with Crippen LogP contribution in [0, 0.1) is 0 Å². The van der Waals surface area contributed by atoms with Gasteiger partial charge in [-0.2, -0.15) is 13.2 Å². The lowest BCUT2D eigenvalue weighted by atomic mass is 10.0. The van der Waals surface area contributed by atoms with Gasteiger partial charge in [0.25, 0.3) is 0 Å². The summed E-state index contributed by atoms with van der Waals surface area (Å²) in [7, 11) is 0. The van der Waals surface area contributed by atoms with E-state index in [2.05, 4.69) is 10.7 Å². The minimum Gasteiger partial charge on any atom is -0.334 e. The SMILES string of the molecule is O=CNNC(=O)Nc1ccc2c(c1)CCN(C(=O)C(F)(F)F)CC2. The third-order valence-electron chi connectivity index (χ3n) is 3.54. The van der Waals surface area contributed by atoms with Gasteiger partial charge < -0.3 is 10.2 Å². The molecule has 1 aromatic carbocycles. The Balaban J connectivity index is 2.05. The highest BCUT2D eigenvalue weighted by atomic mass is 19.4. The first-order valence-corrected chi connectivity index (χ1v) is 7.05. The van der Waals surface area contributed by atoms with Crippen LogP contribution >= 0.6 is 0 Å². The number of carbonyl (C=O) groups is 3. The van der Waals surface area contributed by atoms with Gasteiger partial charge in [0, 0.05) is 18.8 Å². The van der Waals surface area contributed by atoms with Crippen molar-refractivity contribution in [3.8, 4) is 0 Å². The van der Waals surface area contributed by atoms with E-state index in [1.165, 1.54) is 0 Å². The van der Waals surface area contributed by atoms with Gasteiger partial charge in [-0.3, -0.25) is 15.0 Å². The van der Waals surface area contributed by atoms with Crippen LogP contribution in [-0.4, -0.2) is 42.5 Å². The molecule has 1 aliphatic heterocycles. The summed E-state index contributed by atoms with van der Waals surface area (Å²) in [5.74, 6) is -1.84. The second-order valence-corrected chi connectivity index (χ2v) is 5.11. The van der Waals surface area contributed by atoms with Gasteiger partial charge in [0.15, 0.2) is 0 Å². The van der Waals surface area contributed by atoms with Gasteiger partial charge in [0.05, 0.1) is 0 Å². The maximum Gasteiger partial charge on any atom is 0.471 e. The molecule has 0 spiro atoms. The summed E-state index contributed by atoms with van der Waals surface area (Å²) in [6.45, 7) is -0.0600. The molecule has 3 N–H and O–H groups in total. The highest BCUT2D eigenvalue weighted by Gasteiger charge is 2.42. The van der Waals surface area contributed by atoms with Crippen LogP contribution < -0.4 is 16.2 Å². The number of carbonyl (C=O) groups excluding carboxylic acids is 3. The van der Waals surface area contributed by atoms with Gasteiger partial charge in [-0.1, -0.05) is 6.07 Å². The van der Waals surface area contributed by atoms with E-state index >= 15 is 0 Å². The minimum atomic E-state index is -4.88. The van der Waals surface area contributed by atoms with Crippen molar-refractivity contribution in [2.45, 2.75) is 19.0 Å². The molecule has 0 aliphatic carbocycles. The largest absolute Gasteiger partial charge is 0.471 e. The summed E-state index contributed by atoms with van der Waals surface area (Å²) in [4.78, 5) is 33.6. The van der Waals surface area contributed by atoms with Crippen LogP contribution in [0.15, 0.2) is 18.2 Å². The Morgan fingerprint density at radius 1 is 1.12 bits per heavy atom. The lowest BCUT2D eigenvalue weighted by molar-refractivity contribution is -0.185. The number of halogens is 3. The Morgan fingerprint density at radius 2 is 1.79 bits per heavy atom. The van der Waals surface area contributed by atoms with Gasteiger partial charge in [-0.15, -0.1) is 0 Å². The van der Waals surface area contributed by atoms with Crippen LogP contribution in [0.5, 0.6) is 0 Å². The summed E-state index contributed by atoms with van der Waals surface area (Å²) in [6, 6.07) is 4.27. The molecule has 1 aliphatic rings. The number of hydrogen-bond acceptors (Lipinski definition) is 3. The fraction of sp³-hybridized carbons (Fsp3) is 0.357. The molecule has 7 nitrogen and oxygen atoms in total. The normalized spacial score (nSPS) is 14.2. The monoisotopic (exact) mass is 344 g/mol. The Labute approximate surface area is 135 Å². The number of hydrazine groups is 1. The molecule has 1 heterocycles. The van der Waals surface area contributed by atoms with Crippen LogP contribution in [0.25, 0.3) is 0 Å². The van der Waals surface area contributed by atoms with Crippen LogP contribution in [0.4, 0.5) is 23.7 Å². The number of fused-ring (bicyclic) bond motifs is 1. The van der Waals surface area contributed by atoms with E-state index in [4.69, 9.17) is 0 Å². The van der Waals surface area contributed by atoms with Gasteiger partial charge in [-0.25, -0.2) is 10.2 Å². The van der Waals surface area contributed by atoms with E-state index < -0.39 is 18.1 Å². The number of nitrogens with zero attached hydrogens (tertiary/aromatic N) is 1. The second-order valence-electron chi connectivity index (χ2n) is 5.11. The fourth-order valence-corrected chi connectivity index (χ4v) is 2.44. The van der Waals surface area contributed by atoms with Crippen LogP contribution in [0.2, 0.25) is 0 Å². The zero-order valence-corrected chi connectivity index (χ0v) is 12.4. The summed E-state index contributed by atoms with van der Waals surface area (Å²) < 4.78 is 37.6. The van der Waals surface area contributed by atoms with Crippen molar-refractivity contribution in [1.29, 1.82) is 0 Å². The summed E-state index contributed by atoms with van der Waals surface area (Å²) in [5.41, 5.74) is 6.05. The predicted molar refractivity (Wildman–Crippen MR) is 77.8 cm³/mol. The zero-order valence-electron chi connectivity index (χ0n) is 12.4. The Hall–Kier alpha value is -2.78. The quantitative estimate of drug-likeness (QED) is 0.563. The van der Waals surface area contributed by atoms with E-state index in [0.29, 0.717) is 18.5 Å². The van der Waals surface area contributed by atoms with Crippen molar-refractivity contribution >= 4 is 24.0 Å². The molecule has 1 aromatic rings. The summed E-state index contributed by atoms with van der Waals surface area (Å²) >= 11 is 0. The van der Waals surface area contributed by atoms with Crippen molar-refractivity contribution in [2.75, 3.05) is 18.4 Å². The first-order chi connectivity index (χ1) is 11.3. The molecular formula is C14H15F3N4O3. The molecule has 130 valence electrons. The zero-order chi connectivity index (χ0) is 17.7. The smallest absolute Gasteiger partial charge is 0.334 e. The minimum absolute atomic E-state index is 0.0120. The lowest BCUT2D eigenvalue weighted by Gasteiger charge is -2.21. The van der Waals surface area contributed by atoms with E-state index in [9.17, 15) is 27.6 Å². The third kappa shape index (κ3) is 4.37. The molecule has 0 saturated heterocycles. The molecule has 4 amide bonds. The Bertz CT molecular complexity index is 649. The van der Waals surface area contributed by atoms with Gasteiger partial charge in [0.2, 0.25) is 6.41 Å². The van der Waals surface area contributed by atoms with E-state index in [1.54, 1.807) is 18.2 Å². The van der Waals surface area contributed by atoms with Crippen molar-refractivity contribution in [1.82, 2.24) is 15.8 Å². The molecule has 0 unspecified atom stereocenters. The van der Waals surface area contributed by atoms with Crippen LogP contribution in [-0.2, 0) is 22.4 Å². The standard InChI is InChI=1S/C14H15F3N4O3/c15-14(16,17)12(23)21-5-3-9-1-2-11(7-10(9)4-6-21)19-13(24)20-18-8-22/h1-2,7-8H,3-6H2,(H,18,22)(H2,19,20,24). The maximum atomic E-state index is 12.5. The van der Waals surface area contributed by atoms with Gasteiger partial charge in [0.1, 0.15) is 0 Å². The van der Waals surface area contributed by atoms with Gasteiger partial charge in [-0.05, 0) is 36.1 Å². The fourth-order valence-electron chi connectivity index (χ4n) is 2.44. The Morgan fingerprint density at radius 3 is 2.42 bits per heavy atom. The summed E-state index contributed by atoms with van der Waals surface area (Å²) in [6.07, 6.45) is -4.03. The molecule has 0 bridgehead atoms. The van der Waals surface area contributed by atoms with Crippen molar-refractivity contribution in [3.63, 3.8) is 0 Å². The predicted octanol–water partition coefficient (Wildman–Crippen LogP) is 0.959. The summed E-state index contributed by atoms with van der Waals surface area (Å²) in [5, 5.41) is 2.47. The lowest BCUT2D eigenvalue weighted by Crippen LogP contribution is -2.42. The number of urea groups is 1. The number of nitrogens with one attached hydrogen (secondary N) is 3. The average molecular weight is 344 g/mol. The molecule has 0 radical (unpaired) electrons. The second kappa shape index (κ2) is 7.20. The van der Waals surface area contributed by atoms with E-state index in [-0.39, 0.29) is 19.5 Å². The van der Waals surface area contributed by atoms with E-state index in [0.717, 1.165) is 16.0 Å². The highest BCUT2D eigenvalue weighted by molar-refractivity contribution is 5.89. The van der Waals surface area contributed by atoms with E-state index in [1.807, 2.05) is 5.43 Å². The number of hydrogen-bond donors (Lipinski definition) is 3. The van der Waals surface area contributed by atoms with Gasteiger partial charge >= 0.3 is 18.1 Å². The molecular weight excluding hydrogens is 329 g/mol. The third-order valence-corrected chi connectivity index (χ3v) is 3.54. The van der Waals surface area contributed by atoms with Crippen LogP contribution in [0.1, 0.15) is 11.1 Å². The maximum absolute atomic E-state index is 12.5. The molecule has 0 fully saturated rings. The number of amides is 4. The molecule has 0 aromatic heterocycles. The highest BCUT2D eigenvalue weighted by Crippen LogP contribution is 2.24. The molecule has 0 atom stereocenters. The molecule has 24 heavy (non-hydrogen) atoms. The van der Waals surface area contributed by atoms with Crippen LogP contribution in [0.3, 0.4) is 0 Å². The van der Waals surface area contributed by atoms with Crippen molar-refractivity contribution < 1.29 is 27.6 Å². The molecule has 10 heteroatoms. The van der Waals surface area contributed by atoms with Crippen molar-refractivity contribution in [2.24, 2.45) is 0 Å². The first kappa shape index (κ1) is 17.6. The van der Waals surface area contributed by atoms with Crippen molar-refractivity contribution in [3.05, 3.63) is 29.3 Å². The Kier molecular flexibility index (Phi) is 5.27. The number of benzene rings is 1. The first-order valence-electron chi connectivity index (χ1n) is 7.05. The number of alkyl halides is 3. The topological polar surface area (TPSA) is 90.5 Å². The number of anilines is 1. The average Bonchev–Trinajstić information content (AvgIpc) is 2.73. The molecule has 2 rings (SSSR count). The molecule has 0 saturated carbocycles.